The molecule has 0 spiro atoms. The highest BCUT2D eigenvalue weighted by Crippen LogP contribution is 2.61. The molecule has 0 amide bonds. The van der Waals surface area contributed by atoms with Crippen molar-refractivity contribution in [1.82, 2.24) is 0 Å². The average Bonchev–Trinajstić information content (AvgIpc) is 2.84. The molecule has 6 atom stereocenters. The molecule has 118 valence electrons. The predicted molar refractivity (Wildman–Crippen MR) is 89.1 cm³/mol. The molecule has 0 saturated heterocycles. The van der Waals surface area contributed by atoms with Crippen LogP contribution in [0.3, 0.4) is 0 Å². The Morgan fingerprint density at radius 1 is 1.23 bits per heavy atom. The molecule has 0 aliphatic heterocycles. The third-order valence-corrected chi connectivity index (χ3v) is 7.11. The number of fused-ring (bicyclic) bond motifs is 5. The van der Waals surface area contributed by atoms with Crippen LogP contribution in [0.4, 0.5) is 0 Å². The third kappa shape index (κ3) is 1.69. The first-order valence-corrected chi connectivity index (χ1v) is 8.54. The molecule has 1 unspecified atom stereocenters. The molecule has 3 nitrogen and oxygen atoms in total. The lowest BCUT2D eigenvalue weighted by molar-refractivity contribution is 0.0521. The fraction of sp³-hybridized carbons (Fsp3) is 0.632. The molecule has 4 aliphatic carbocycles. The van der Waals surface area contributed by atoms with Crippen molar-refractivity contribution in [2.24, 2.45) is 39.5 Å². The van der Waals surface area contributed by atoms with Gasteiger partial charge in [-0.05, 0) is 55.1 Å². The Kier molecular flexibility index (Phi) is 2.96. The first kappa shape index (κ1) is 14.3. The van der Waals surface area contributed by atoms with Gasteiger partial charge in [-0.3, -0.25) is 0 Å². The fourth-order valence-electron chi connectivity index (χ4n) is 5.77. The first-order valence-electron chi connectivity index (χ1n) is 8.54. The van der Waals surface area contributed by atoms with Crippen molar-refractivity contribution in [3.63, 3.8) is 0 Å². The quantitative estimate of drug-likeness (QED) is 0.410. The van der Waals surface area contributed by atoms with Gasteiger partial charge in [0.25, 0.3) is 0 Å². The van der Waals surface area contributed by atoms with Gasteiger partial charge >= 0.3 is 0 Å². The summed E-state index contributed by atoms with van der Waals surface area (Å²) < 4.78 is 0. The van der Waals surface area contributed by atoms with E-state index in [1.54, 1.807) is 0 Å². The summed E-state index contributed by atoms with van der Waals surface area (Å²) in [6.07, 6.45) is 15.1. The SMILES string of the molecule is C[C@]12C=CC(O)C=C1C=C[C@@H]1[C@@H]2CC[C@]2(C)/C(=N\N)CC[C@@H]12. The van der Waals surface area contributed by atoms with Crippen molar-refractivity contribution < 1.29 is 5.11 Å². The molecule has 0 heterocycles. The minimum atomic E-state index is -0.430. The van der Waals surface area contributed by atoms with Gasteiger partial charge in [0.2, 0.25) is 0 Å². The third-order valence-electron chi connectivity index (χ3n) is 7.11. The molecule has 2 fully saturated rings. The number of hydrogen-bond donors (Lipinski definition) is 2. The highest BCUT2D eigenvalue weighted by atomic mass is 16.3. The van der Waals surface area contributed by atoms with E-state index in [1.165, 1.54) is 30.5 Å². The van der Waals surface area contributed by atoms with Crippen LogP contribution in [-0.4, -0.2) is 16.9 Å². The van der Waals surface area contributed by atoms with E-state index >= 15 is 0 Å². The summed E-state index contributed by atoms with van der Waals surface area (Å²) in [5.74, 6) is 7.54. The van der Waals surface area contributed by atoms with E-state index in [2.05, 4.69) is 37.2 Å². The minimum absolute atomic E-state index is 0.0720. The summed E-state index contributed by atoms with van der Waals surface area (Å²) in [5.41, 5.74) is 2.78. The largest absolute Gasteiger partial charge is 0.385 e. The van der Waals surface area contributed by atoms with E-state index in [1.807, 2.05) is 12.2 Å². The molecule has 0 radical (unpaired) electrons. The molecule has 0 aromatic rings. The molecule has 0 aromatic carbocycles. The van der Waals surface area contributed by atoms with Crippen LogP contribution in [0.1, 0.15) is 39.5 Å². The molecule has 0 bridgehead atoms. The molecule has 0 aromatic heterocycles. The predicted octanol–water partition coefficient (Wildman–Crippen LogP) is 3.18. The maximum Gasteiger partial charge on any atom is 0.0908 e. The molecule has 3 N–H and O–H groups in total. The van der Waals surface area contributed by atoms with Crippen molar-refractivity contribution in [2.75, 3.05) is 0 Å². The van der Waals surface area contributed by atoms with Gasteiger partial charge in [0.1, 0.15) is 0 Å². The zero-order chi connectivity index (χ0) is 15.5. The smallest absolute Gasteiger partial charge is 0.0908 e. The number of aliphatic hydroxyl groups excluding tert-OH is 1. The Bertz CT molecular complexity index is 617. The van der Waals surface area contributed by atoms with Crippen LogP contribution >= 0.6 is 0 Å². The van der Waals surface area contributed by atoms with E-state index in [9.17, 15) is 5.11 Å². The van der Waals surface area contributed by atoms with E-state index in [0.29, 0.717) is 17.8 Å². The summed E-state index contributed by atoms with van der Waals surface area (Å²) in [4.78, 5) is 0. The highest BCUT2D eigenvalue weighted by Gasteiger charge is 2.56. The molecule has 4 rings (SSSR count). The van der Waals surface area contributed by atoms with Gasteiger partial charge in [0.15, 0.2) is 0 Å². The zero-order valence-electron chi connectivity index (χ0n) is 13.5. The number of allylic oxidation sites excluding steroid dienone is 4. The van der Waals surface area contributed by atoms with Crippen LogP contribution in [0, 0.1) is 28.6 Å². The Labute approximate surface area is 132 Å². The normalized spacial score (nSPS) is 51.2. The van der Waals surface area contributed by atoms with Crippen LogP contribution in [0.15, 0.2) is 41.1 Å². The van der Waals surface area contributed by atoms with Crippen molar-refractivity contribution >= 4 is 5.71 Å². The molecule has 2 saturated carbocycles. The Morgan fingerprint density at radius 2 is 2.05 bits per heavy atom. The summed E-state index contributed by atoms with van der Waals surface area (Å²) >= 11 is 0. The lowest BCUT2D eigenvalue weighted by Crippen LogP contribution is -2.48. The number of nitrogens with zero attached hydrogens (tertiary/aromatic N) is 1. The lowest BCUT2D eigenvalue weighted by Gasteiger charge is -2.54. The molecule has 22 heavy (non-hydrogen) atoms. The number of hydrazone groups is 1. The van der Waals surface area contributed by atoms with E-state index in [4.69, 9.17) is 5.84 Å². The maximum absolute atomic E-state index is 9.89. The second-order valence-corrected chi connectivity index (χ2v) is 7.97. The second-order valence-electron chi connectivity index (χ2n) is 7.97. The van der Waals surface area contributed by atoms with Crippen LogP contribution in [0.2, 0.25) is 0 Å². The van der Waals surface area contributed by atoms with Gasteiger partial charge in [0, 0.05) is 16.5 Å². The molecular formula is C19H26N2O. The topological polar surface area (TPSA) is 58.6 Å². The molecular weight excluding hydrogens is 272 g/mol. The van der Waals surface area contributed by atoms with Gasteiger partial charge in [-0.2, -0.15) is 5.10 Å². The van der Waals surface area contributed by atoms with E-state index in [0.717, 1.165) is 6.42 Å². The summed E-state index contributed by atoms with van der Waals surface area (Å²) in [7, 11) is 0. The van der Waals surface area contributed by atoms with E-state index < -0.39 is 6.10 Å². The monoisotopic (exact) mass is 298 g/mol. The van der Waals surface area contributed by atoms with Gasteiger partial charge in [0.05, 0.1) is 6.10 Å². The Hall–Kier alpha value is -1.35. The van der Waals surface area contributed by atoms with Gasteiger partial charge < -0.3 is 10.9 Å². The van der Waals surface area contributed by atoms with Crippen molar-refractivity contribution in [3.05, 3.63) is 36.0 Å². The summed E-state index contributed by atoms with van der Waals surface area (Å²) in [6.45, 7) is 4.71. The van der Waals surface area contributed by atoms with Gasteiger partial charge in [-0.1, -0.05) is 38.2 Å². The second kappa shape index (κ2) is 4.58. The molecule has 4 aliphatic rings. The minimum Gasteiger partial charge on any atom is -0.385 e. The Balaban J connectivity index is 1.75. The highest BCUT2D eigenvalue weighted by molar-refractivity contribution is 5.92. The van der Waals surface area contributed by atoms with Crippen molar-refractivity contribution in [2.45, 2.75) is 45.6 Å². The van der Waals surface area contributed by atoms with Gasteiger partial charge in [-0.25, -0.2) is 0 Å². The van der Waals surface area contributed by atoms with Crippen LogP contribution < -0.4 is 5.84 Å². The fourth-order valence-corrected chi connectivity index (χ4v) is 5.77. The number of rotatable bonds is 0. The lowest BCUT2D eigenvalue weighted by atomic mass is 9.50. The number of nitrogens with two attached hydrogens (primary N) is 1. The van der Waals surface area contributed by atoms with Crippen LogP contribution in [0.5, 0.6) is 0 Å². The van der Waals surface area contributed by atoms with Crippen molar-refractivity contribution in [3.8, 4) is 0 Å². The van der Waals surface area contributed by atoms with Crippen molar-refractivity contribution in [1.29, 1.82) is 0 Å². The standard InChI is InChI=1S/C19H26N2O/c1-18-9-7-13(22)11-12(18)3-4-14-15-5-6-17(21-20)19(15,2)10-8-16(14)18/h3-4,7,9,11,13-16,22H,5-6,8,10,20H2,1-2H3/b21-17-/t13?,14-,15-,16-,18-,19-/m0/s1. The van der Waals surface area contributed by atoms with E-state index in [-0.39, 0.29) is 10.8 Å². The number of hydrogen-bond acceptors (Lipinski definition) is 3. The first-order chi connectivity index (χ1) is 10.5. The van der Waals surface area contributed by atoms with Gasteiger partial charge in [-0.15, -0.1) is 0 Å². The number of aliphatic hydroxyl groups is 1. The zero-order valence-corrected chi connectivity index (χ0v) is 13.5. The summed E-state index contributed by atoms with van der Waals surface area (Å²) in [6, 6.07) is 0. The summed E-state index contributed by atoms with van der Waals surface area (Å²) in [5, 5.41) is 14.0. The van der Waals surface area contributed by atoms with Crippen LogP contribution in [0.25, 0.3) is 0 Å². The van der Waals surface area contributed by atoms with Crippen LogP contribution in [-0.2, 0) is 0 Å². The maximum atomic E-state index is 9.89. The Morgan fingerprint density at radius 3 is 2.82 bits per heavy atom. The average molecular weight is 298 g/mol. The molecule has 3 heteroatoms.